The number of hydrogen-bond donors (Lipinski definition) is 2. The minimum atomic E-state index is -1.06. The zero-order valence-corrected chi connectivity index (χ0v) is 32.5. The fourth-order valence-electron chi connectivity index (χ4n) is 8.80. The molecule has 302 valence electrons. The molecule has 4 aromatic rings. The van der Waals surface area contributed by atoms with Gasteiger partial charge in [0, 0.05) is 69.7 Å². The summed E-state index contributed by atoms with van der Waals surface area (Å²) in [6.45, 7) is 2.85. The number of likely N-dealkylation sites (tertiary alicyclic amines) is 1. The van der Waals surface area contributed by atoms with Gasteiger partial charge < -0.3 is 28.8 Å². The van der Waals surface area contributed by atoms with Crippen molar-refractivity contribution >= 4 is 40.3 Å². The van der Waals surface area contributed by atoms with Crippen LogP contribution in [0.1, 0.15) is 58.4 Å². The monoisotopic (exact) mass is 792 g/mol. The number of nitrogens with one attached hydrogen (secondary N) is 2. The Kier molecular flexibility index (Phi) is 10.5. The highest BCUT2D eigenvalue weighted by molar-refractivity contribution is 6.24. The number of aryl methyl sites for hydroxylation is 1. The predicted molar refractivity (Wildman–Crippen MR) is 208 cm³/mol. The van der Waals surface area contributed by atoms with Gasteiger partial charge in [-0.05, 0) is 66.0 Å². The minimum Gasteiger partial charge on any atom is -0.496 e. The number of rotatable bonds is 14. The van der Waals surface area contributed by atoms with Gasteiger partial charge in [0.2, 0.25) is 17.7 Å². The van der Waals surface area contributed by atoms with E-state index in [4.69, 9.17) is 18.9 Å². The molecule has 0 radical (unpaired) electrons. The van der Waals surface area contributed by atoms with Crippen LogP contribution >= 0.6 is 0 Å². The molecule has 2 N–H and O–H groups in total. The Hall–Kier alpha value is -6.13. The highest BCUT2D eigenvalue weighted by Gasteiger charge is 2.52. The molecule has 1 saturated carbocycles. The van der Waals surface area contributed by atoms with Crippen LogP contribution in [-0.2, 0) is 32.7 Å². The van der Waals surface area contributed by atoms with E-state index < -0.39 is 29.7 Å². The first-order valence-corrected chi connectivity index (χ1v) is 19.2. The molecule has 0 bridgehead atoms. The lowest BCUT2D eigenvalue weighted by Gasteiger charge is -2.59. The Morgan fingerprint density at radius 3 is 2.41 bits per heavy atom. The highest BCUT2D eigenvalue weighted by atomic mass is 16.5. The summed E-state index contributed by atoms with van der Waals surface area (Å²) in [7, 11) is 5.01. The molecule has 1 aliphatic carbocycles. The summed E-state index contributed by atoms with van der Waals surface area (Å²) in [4.78, 5) is 83.1. The van der Waals surface area contributed by atoms with Gasteiger partial charge in [-0.3, -0.25) is 48.9 Å². The number of nitrogens with zero attached hydrogens (tertiary/aromatic N) is 4. The molecule has 2 aromatic carbocycles. The van der Waals surface area contributed by atoms with E-state index in [1.165, 1.54) is 6.07 Å². The zero-order chi connectivity index (χ0) is 40.7. The van der Waals surface area contributed by atoms with E-state index in [2.05, 4.69) is 20.5 Å². The summed E-state index contributed by atoms with van der Waals surface area (Å²) in [5.74, 6) is -0.861. The first-order chi connectivity index (χ1) is 28.0. The van der Waals surface area contributed by atoms with Crippen LogP contribution in [0.15, 0.2) is 59.8 Å². The van der Waals surface area contributed by atoms with Gasteiger partial charge in [-0.1, -0.05) is 6.07 Å². The number of carbonyl (C=O) groups excluding carboxylic acids is 5. The SMILES string of the molecule is COc1cc(-c2cn(C)c(=O)c3cnccc23)cc(OC)c1CN1CC2(CC(NC(=O)CCOCCOc3cccc4c3C(=O)N(C3CCC(=O)NC3=O)C4=O)C2)C1. The molecule has 16 nitrogen and oxygen atoms in total. The number of methoxy groups -OCH3 is 2. The van der Waals surface area contributed by atoms with Crippen LogP contribution in [0.25, 0.3) is 21.9 Å². The summed E-state index contributed by atoms with van der Waals surface area (Å²) in [6, 6.07) is 9.52. The Morgan fingerprint density at radius 1 is 0.931 bits per heavy atom. The van der Waals surface area contributed by atoms with Crippen molar-refractivity contribution < 1.29 is 42.9 Å². The van der Waals surface area contributed by atoms with Crippen LogP contribution in [-0.4, -0.2) is 108 Å². The molecule has 5 amide bonds. The van der Waals surface area contributed by atoms with Gasteiger partial charge in [0.05, 0.1) is 49.5 Å². The number of pyridine rings is 2. The predicted octanol–water partition coefficient (Wildman–Crippen LogP) is 2.59. The first kappa shape index (κ1) is 38.7. The Morgan fingerprint density at radius 2 is 1.69 bits per heavy atom. The Labute approximate surface area is 333 Å². The summed E-state index contributed by atoms with van der Waals surface area (Å²) in [6.07, 6.45) is 7.17. The summed E-state index contributed by atoms with van der Waals surface area (Å²) in [5, 5.41) is 6.65. The van der Waals surface area contributed by atoms with Crippen molar-refractivity contribution in [3.63, 3.8) is 0 Å². The number of piperidine rings is 1. The maximum absolute atomic E-state index is 13.2. The maximum Gasteiger partial charge on any atom is 0.266 e. The topological polar surface area (TPSA) is 188 Å². The standard InChI is InChI=1S/C42H44N6O10/c1-46-20-29(26-9-11-43-19-28(26)39(46)52)24-15-33(55-2)30(34(16-24)56-3)21-47-22-42(23-47)17-25(18-42)44-36(50)10-12-57-13-14-58-32-6-4-5-27-37(32)41(54)48(40(27)53)31-7-8-35(49)45-38(31)51/h4-6,9,11,15-16,19-20,25,31H,7-8,10,12-14,17-18,21-23H2,1-3H3,(H,44,50)(H,45,49,51). The van der Waals surface area contributed by atoms with Gasteiger partial charge in [-0.15, -0.1) is 0 Å². The molecule has 4 aliphatic rings. The van der Waals surface area contributed by atoms with Crippen LogP contribution in [0.5, 0.6) is 17.2 Å². The van der Waals surface area contributed by atoms with Crippen molar-refractivity contribution in [3.8, 4) is 28.4 Å². The van der Waals surface area contributed by atoms with E-state index in [-0.39, 0.29) is 78.9 Å². The number of ether oxygens (including phenoxy) is 4. The van der Waals surface area contributed by atoms with Crippen LogP contribution < -0.4 is 30.4 Å². The third-order valence-corrected chi connectivity index (χ3v) is 11.5. The lowest BCUT2D eigenvalue weighted by atomic mass is 9.60. The van der Waals surface area contributed by atoms with Crippen molar-refractivity contribution in [3.05, 3.63) is 82.0 Å². The van der Waals surface area contributed by atoms with Gasteiger partial charge in [-0.2, -0.15) is 0 Å². The molecular weight excluding hydrogens is 748 g/mol. The van der Waals surface area contributed by atoms with Crippen molar-refractivity contribution in [2.24, 2.45) is 12.5 Å². The normalized spacial score (nSPS) is 18.8. The molecule has 2 aromatic heterocycles. The number of carbonyl (C=O) groups is 5. The van der Waals surface area contributed by atoms with E-state index in [0.717, 1.165) is 52.9 Å². The van der Waals surface area contributed by atoms with Crippen LogP contribution in [0, 0.1) is 5.41 Å². The number of amides is 5. The minimum absolute atomic E-state index is 0.0343. The van der Waals surface area contributed by atoms with E-state index >= 15 is 0 Å². The fourth-order valence-corrected chi connectivity index (χ4v) is 8.80. The molecule has 16 heteroatoms. The molecule has 3 fully saturated rings. The van der Waals surface area contributed by atoms with Crippen LogP contribution in [0.4, 0.5) is 0 Å². The first-order valence-electron chi connectivity index (χ1n) is 19.2. The number of hydrogen-bond acceptors (Lipinski definition) is 12. The molecular formula is C42H44N6O10. The molecule has 5 heterocycles. The molecule has 1 atom stereocenters. The second kappa shape index (κ2) is 15.7. The molecule has 8 rings (SSSR count). The van der Waals surface area contributed by atoms with Crippen molar-refractivity contribution in [1.29, 1.82) is 0 Å². The highest BCUT2D eigenvalue weighted by Crippen LogP contribution is 2.50. The average molecular weight is 793 g/mol. The quantitative estimate of drug-likeness (QED) is 0.141. The van der Waals surface area contributed by atoms with Crippen molar-refractivity contribution in [2.75, 3.05) is 47.1 Å². The van der Waals surface area contributed by atoms with E-state index in [0.29, 0.717) is 23.4 Å². The van der Waals surface area contributed by atoms with Gasteiger partial charge >= 0.3 is 0 Å². The smallest absolute Gasteiger partial charge is 0.266 e. The lowest BCUT2D eigenvalue weighted by Crippen LogP contribution is -2.66. The van der Waals surface area contributed by atoms with E-state index in [1.807, 2.05) is 24.4 Å². The van der Waals surface area contributed by atoms with Gasteiger partial charge in [0.1, 0.15) is 29.9 Å². The summed E-state index contributed by atoms with van der Waals surface area (Å²) >= 11 is 0. The molecule has 2 saturated heterocycles. The molecule has 1 spiro atoms. The third kappa shape index (κ3) is 7.17. The zero-order valence-electron chi connectivity index (χ0n) is 32.5. The van der Waals surface area contributed by atoms with Gasteiger partial charge in [0.15, 0.2) is 0 Å². The van der Waals surface area contributed by atoms with Crippen LogP contribution in [0.3, 0.4) is 0 Å². The number of aromatic nitrogens is 2. The van der Waals surface area contributed by atoms with Crippen molar-refractivity contribution in [1.82, 2.24) is 30.0 Å². The molecule has 58 heavy (non-hydrogen) atoms. The van der Waals surface area contributed by atoms with Gasteiger partial charge in [-0.25, -0.2) is 0 Å². The number of fused-ring (bicyclic) bond motifs is 2. The maximum atomic E-state index is 13.2. The Bertz CT molecular complexity index is 2370. The van der Waals surface area contributed by atoms with Gasteiger partial charge in [0.25, 0.3) is 17.4 Å². The van der Waals surface area contributed by atoms with E-state index in [9.17, 15) is 28.8 Å². The average Bonchev–Trinajstić information content (AvgIpc) is 3.44. The summed E-state index contributed by atoms with van der Waals surface area (Å²) in [5.41, 5.74) is 2.95. The Balaban J connectivity index is 0.771. The van der Waals surface area contributed by atoms with Crippen LogP contribution in [0.2, 0.25) is 0 Å². The fraction of sp³-hybridized carbons (Fsp3) is 0.405. The lowest BCUT2D eigenvalue weighted by molar-refractivity contribution is -0.136. The molecule has 1 unspecified atom stereocenters. The second-order valence-electron chi connectivity index (χ2n) is 15.4. The number of imide groups is 2. The van der Waals surface area contributed by atoms with Crippen molar-refractivity contribution in [2.45, 2.75) is 50.7 Å². The number of benzene rings is 2. The molecule has 3 aliphatic heterocycles. The second-order valence-corrected chi connectivity index (χ2v) is 15.4. The largest absolute Gasteiger partial charge is 0.496 e. The van der Waals surface area contributed by atoms with E-state index in [1.54, 1.807) is 50.4 Å². The third-order valence-electron chi connectivity index (χ3n) is 11.5. The summed E-state index contributed by atoms with van der Waals surface area (Å²) < 4.78 is 24.7.